The van der Waals surface area contributed by atoms with E-state index in [1.807, 2.05) is 13.8 Å². The molecule has 8 nitrogen and oxygen atoms in total. The maximum Gasteiger partial charge on any atom is 0.243 e. The smallest absolute Gasteiger partial charge is 0.243 e. The average molecular weight is 453 g/mol. The van der Waals surface area contributed by atoms with Crippen LogP contribution in [0.15, 0.2) is 29.2 Å². The van der Waals surface area contributed by atoms with E-state index >= 15 is 0 Å². The fourth-order valence-corrected chi connectivity index (χ4v) is 5.75. The van der Waals surface area contributed by atoms with Crippen molar-refractivity contribution < 1.29 is 18.0 Å². The van der Waals surface area contributed by atoms with Crippen molar-refractivity contribution in [2.75, 3.05) is 51.6 Å². The number of amides is 2. The van der Waals surface area contributed by atoms with E-state index < -0.39 is 10.0 Å². The highest BCUT2D eigenvalue weighted by atomic mass is 32.2. The number of rotatable bonds is 9. The van der Waals surface area contributed by atoms with Gasteiger partial charge in [0.15, 0.2) is 0 Å². The van der Waals surface area contributed by atoms with E-state index in [0.717, 1.165) is 6.42 Å². The molecular formula is C22H36N4O4S. The average Bonchev–Trinajstić information content (AvgIpc) is 2.68. The van der Waals surface area contributed by atoms with E-state index in [2.05, 4.69) is 19.2 Å². The molecule has 2 atom stereocenters. The summed E-state index contributed by atoms with van der Waals surface area (Å²) >= 11 is 0. The molecule has 1 aromatic carbocycles. The van der Waals surface area contributed by atoms with Crippen molar-refractivity contribution in [3.05, 3.63) is 24.3 Å². The zero-order chi connectivity index (χ0) is 23.2. The normalized spacial score (nSPS) is 19.9. The van der Waals surface area contributed by atoms with Crippen molar-refractivity contribution >= 4 is 27.5 Å². The molecule has 2 amide bonds. The molecular weight excluding hydrogens is 416 g/mol. The highest BCUT2D eigenvalue weighted by Gasteiger charge is 2.31. The van der Waals surface area contributed by atoms with E-state index in [4.69, 9.17) is 0 Å². The lowest BCUT2D eigenvalue weighted by molar-refractivity contribution is -0.132. The number of anilines is 1. The van der Waals surface area contributed by atoms with Crippen LogP contribution in [0.5, 0.6) is 0 Å². The third kappa shape index (κ3) is 7.02. The molecule has 0 bridgehead atoms. The third-order valence-electron chi connectivity index (χ3n) is 5.55. The highest BCUT2D eigenvalue weighted by molar-refractivity contribution is 7.89. The summed E-state index contributed by atoms with van der Waals surface area (Å²) in [4.78, 5) is 28.1. The van der Waals surface area contributed by atoms with Crippen LogP contribution in [-0.2, 0) is 19.6 Å². The standard InChI is InChI=1S/C22H36N4O4S/c1-6-25(7-2)22(28)16-24(5)15-21(27)23-19-8-10-20(11-9-19)31(29,30)26-13-17(3)12-18(4)14-26/h8-11,17-18H,6-7,12-16H2,1-5H3,(H,23,27). The Morgan fingerprint density at radius 1 is 1.03 bits per heavy atom. The zero-order valence-corrected chi connectivity index (χ0v) is 20.1. The van der Waals surface area contributed by atoms with Crippen LogP contribution in [-0.4, -0.2) is 80.7 Å². The maximum atomic E-state index is 13.0. The molecule has 0 aromatic heterocycles. The van der Waals surface area contributed by atoms with Crippen molar-refractivity contribution in [1.82, 2.24) is 14.1 Å². The molecule has 1 saturated heterocycles. The summed E-state index contributed by atoms with van der Waals surface area (Å²) in [6, 6.07) is 6.26. The fraction of sp³-hybridized carbons (Fsp3) is 0.636. The summed E-state index contributed by atoms with van der Waals surface area (Å²) in [7, 11) is -1.83. The summed E-state index contributed by atoms with van der Waals surface area (Å²) in [5.74, 6) is 0.394. The molecule has 1 fully saturated rings. The number of likely N-dealkylation sites (N-methyl/N-ethyl adjacent to an activating group) is 2. The molecule has 2 rings (SSSR count). The minimum Gasteiger partial charge on any atom is -0.342 e. The second-order valence-corrected chi connectivity index (χ2v) is 10.5. The number of piperidine rings is 1. The van der Waals surface area contributed by atoms with Gasteiger partial charge in [0.05, 0.1) is 18.0 Å². The summed E-state index contributed by atoms with van der Waals surface area (Å²) in [5, 5.41) is 2.76. The fourth-order valence-electron chi connectivity index (χ4n) is 4.07. The van der Waals surface area contributed by atoms with Crippen LogP contribution < -0.4 is 5.32 Å². The molecule has 1 aliphatic heterocycles. The first kappa shape index (κ1) is 25.3. The lowest BCUT2D eigenvalue weighted by Gasteiger charge is -2.34. The number of hydrogen-bond donors (Lipinski definition) is 1. The molecule has 1 aromatic rings. The van der Waals surface area contributed by atoms with Crippen molar-refractivity contribution in [3.63, 3.8) is 0 Å². The van der Waals surface area contributed by atoms with Gasteiger partial charge in [-0.3, -0.25) is 14.5 Å². The lowest BCUT2D eigenvalue weighted by atomic mass is 9.94. The summed E-state index contributed by atoms with van der Waals surface area (Å²) in [6.07, 6.45) is 1.03. The molecule has 1 N–H and O–H groups in total. The van der Waals surface area contributed by atoms with Gasteiger partial charge in [-0.05, 0) is 63.4 Å². The molecule has 9 heteroatoms. The topological polar surface area (TPSA) is 90.0 Å². The first-order valence-electron chi connectivity index (χ1n) is 10.9. The minimum absolute atomic E-state index is 0.0174. The molecule has 0 aliphatic carbocycles. The number of benzene rings is 1. The molecule has 1 heterocycles. The Morgan fingerprint density at radius 3 is 2.10 bits per heavy atom. The van der Waals surface area contributed by atoms with Crippen molar-refractivity contribution in [3.8, 4) is 0 Å². The van der Waals surface area contributed by atoms with Gasteiger partial charge in [0.25, 0.3) is 0 Å². The summed E-state index contributed by atoms with van der Waals surface area (Å²) < 4.78 is 27.5. The van der Waals surface area contributed by atoms with Gasteiger partial charge in [-0.15, -0.1) is 0 Å². The van der Waals surface area contributed by atoms with Crippen molar-refractivity contribution in [2.24, 2.45) is 11.8 Å². The van der Waals surface area contributed by atoms with E-state index in [1.165, 1.54) is 12.1 Å². The third-order valence-corrected chi connectivity index (χ3v) is 7.39. The SMILES string of the molecule is CCN(CC)C(=O)CN(C)CC(=O)Nc1ccc(S(=O)(=O)N2CC(C)CC(C)C2)cc1. The van der Waals surface area contributed by atoms with Crippen LogP contribution in [0.3, 0.4) is 0 Å². The Labute approximate surface area is 186 Å². The minimum atomic E-state index is -3.55. The van der Waals surface area contributed by atoms with Gasteiger partial charge in [-0.1, -0.05) is 13.8 Å². The molecule has 2 unspecified atom stereocenters. The lowest BCUT2D eigenvalue weighted by Crippen LogP contribution is -2.42. The zero-order valence-electron chi connectivity index (χ0n) is 19.3. The first-order valence-corrected chi connectivity index (χ1v) is 12.4. The Balaban J connectivity index is 1.94. The molecule has 0 radical (unpaired) electrons. The molecule has 31 heavy (non-hydrogen) atoms. The largest absolute Gasteiger partial charge is 0.342 e. The van der Waals surface area contributed by atoms with Crippen molar-refractivity contribution in [2.45, 2.75) is 39.0 Å². The van der Waals surface area contributed by atoms with E-state index in [0.29, 0.717) is 43.7 Å². The molecule has 0 spiro atoms. The molecule has 174 valence electrons. The van der Waals surface area contributed by atoms with E-state index in [-0.39, 0.29) is 29.8 Å². The maximum absolute atomic E-state index is 13.0. The van der Waals surface area contributed by atoms with Crippen molar-refractivity contribution in [1.29, 1.82) is 0 Å². The van der Waals surface area contributed by atoms with Crippen LogP contribution in [0.1, 0.15) is 34.1 Å². The number of carbonyl (C=O) groups excluding carboxylic acids is 2. The summed E-state index contributed by atoms with van der Waals surface area (Å²) in [6.45, 7) is 10.6. The van der Waals surface area contributed by atoms with Gasteiger partial charge in [0.2, 0.25) is 21.8 Å². The molecule has 1 aliphatic rings. The Hall–Kier alpha value is -1.97. The Bertz CT molecular complexity index is 843. The van der Waals surface area contributed by atoms with E-state index in [9.17, 15) is 18.0 Å². The van der Waals surface area contributed by atoms with Gasteiger partial charge < -0.3 is 10.2 Å². The van der Waals surface area contributed by atoms with Gasteiger partial charge in [0.1, 0.15) is 0 Å². The number of nitrogens with one attached hydrogen (secondary N) is 1. The van der Waals surface area contributed by atoms with Crippen LogP contribution in [0.2, 0.25) is 0 Å². The van der Waals surface area contributed by atoms with Crippen LogP contribution >= 0.6 is 0 Å². The number of carbonyl (C=O) groups is 2. The Kier molecular flexibility index (Phi) is 9.02. The number of hydrogen-bond acceptors (Lipinski definition) is 5. The highest BCUT2D eigenvalue weighted by Crippen LogP contribution is 2.27. The second-order valence-electron chi connectivity index (χ2n) is 8.58. The van der Waals surface area contributed by atoms with Gasteiger partial charge in [0, 0.05) is 31.9 Å². The predicted molar refractivity (Wildman–Crippen MR) is 122 cm³/mol. The van der Waals surface area contributed by atoms with Crippen LogP contribution in [0.25, 0.3) is 0 Å². The number of nitrogens with zero attached hydrogens (tertiary/aromatic N) is 3. The summed E-state index contributed by atoms with van der Waals surface area (Å²) in [5.41, 5.74) is 0.521. The van der Waals surface area contributed by atoms with Crippen LogP contribution in [0, 0.1) is 11.8 Å². The quantitative estimate of drug-likeness (QED) is 0.620. The van der Waals surface area contributed by atoms with E-state index in [1.54, 1.807) is 33.3 Å². The second kappa shape index (κ2) is 11.1. The molecule has 0 saturated carbocycles. The van der Waals surface area contributed by atoms with Gasteiger partial charge in [-0.2, -0.15) is 4.31 Å². The number of sulfonamides is 1. The monoisotopic (exact) mass is 452 g/mol. The van der Waals surface area contributed by atoms with Gasteiger partial charge in [-0.25, -0.2) is 8.42 Å². The first-order chi connectivity index (χ1) is 14.6. The van der Waals surface area contributed by atoms with Crippen LogP contribution in [0.4, 0.5) is 5.69 Å². The Morgan fingerprint density at radius 2 is 1.58 bits per heavy atom. The van der Waals surface area contributed by atoms with Gasteiger partial charge >= 0.3 is 0 Å². The predicted octanol–water partition coefficient (Wildman–Crippen LogP) is 2.09.